The number of H-pyrrole nitrogens is 1. The number of benzene rings is 2. The van der Waals surface area contributed by atoms with Gasteiger partial charge in [-0.25, -0.2) is 13.4 Å². The van der Waals surface area contributed by atoms with Crippen LogP contribution in [0.2, 0.25) is 0 Å². The molecule has 1 fully saturated rings. The van der Waals surface area contributed by atoms with Crippen LogP contribution in [0.3, 0.4) is 0 Å². The van der Waals surface area contributed by atoms with E-state index in [0.717, 1.165) is 22.4 Å². The first kappa shape index (κ1) is 22.1. The standard InChI is InChI=1S/C24H25N5O4S/c1-33-18-8-6-16(7-9-18)22-14-21(28-29(22)17-11-13-34(31,32)15-17)24(30)25-12-10-23-26-19-4-2-3-5-20(19)27-23/h2-9,14,17H,10-13,15H2,1H3,(H,25,30)(H,26,27)/t17-/m0/s1. The summed E-state index contributed by atoms with van der Waals surface area (Å²) in [6.45, 7) is 0.390. The van der Waals surface area contributed by atoms with Gasteiger partial charge in [0, 0.05) is 18.5 Å². The van der Waals surface area contributed by atoms with E-state index < -0.39 is 9.84 Å². The number of para-hydroxylation sites is 2. The number of aromatic nitrogens is 4. The van der Waals surface area contributed by atoms with Crippen LogP contribution in [-0.2, 0) is 16.3 Å². The molecule has 0 saturated carbocycles. The molecule has 1 saturated heterocycles. The van der Waals surface area contributed by atoms with Crippen LogP contribution in [0.25, 0.3) is 22.3 Å². The number of carbonyl (C=O) groups is 1. The Labute approximate surface area is 197 Å². The highest BCUT2D eigenvalue weighted by atomic mass is 32.2. The molecule has 3 heterocycles. The van der Waals surface area contributed by atoms with Crippen LogP contribution in [0, 0.1) is 0 Å². The highest BCUT2D eigenvalue weighted by Crippen LogP contribution is 2.31. The fourth-order valence-corrected chi connectivity index (χ4v) is 5.93. The van der Waals surface area contributed by atoms with Gasteiger partial charge in [-0.05, 0) is 48.9 Å². The molecule has 4 aromatic rings. The Bertz CT molecular complexity index is 1410. The molecular formula is C24H25N5O4S. The molecule has 1 aliphatic heterocycles. The Morgan fingerprint density at radius 2 is 2.00 bits per heavy atom. The number of hydrogen-bond donors (Lipinski definition) is 2. The van der Waals surface area contributed by atoms with Crippen molar-refractivity contribution in [3.05, 3.63) is 66.1 Å². The number of imidazole rings is 1. The molecule has 1 amide bonds. The molecule has 2 aromatic heterocycles. The first-order valence-corrected chi connectivity index (χ1v) is 12.9. The topological polar surface area (TPSA) is 119 Å². The molecule has 2 aromatic carbocycles. The molecule has 34 heavy (non-hydrogen) atoms. The number of nitrogens with zero attached hydrogens (tertiary/aromatic N) is 3. The molecule has 9 nitrogen and oxygen atoms in total. The van der Waals surface area contributed by atoms with Crippen molar-refractivity contribution in [3.63, 3.8) is 0 Å². The van der Waals surface area contributed by atoms with Gasteiger partial charge in [-0.1, -0.05) is 12.1 Å². The first-order valence-electron chi connectivity index (χ1n) is 11.1. The van der Waals surface area contributed by atoms with E-state index >= 15 is 0 Å². The Kier molecular flexibility index (Phi) is 5.82. The van der Waals surface area contributed by atoms with Gasteiger partial charge in [-0.15, -0.1) is 0 Å². The SMILES string of the molecule is COc1ccc(-c2cc(C(=O)NCCc3nc4ccccc4[nH]3)nn2[C@H]2CCS(=O)(=O)C2)cc1. The molecule has 1 atom stereocenters. The first-order chi connectivity index (χ1) is 16.4. The molecule has 2 N–H and O–H groups in total. The molecule has 10 heteroatoms. The summed E-state index contributed by atoms with van der Waals surface area (Å²) in [4.78, 5) is 20.7. The molecule has 1 aliphatic rings. The third-order valence-electron chi connectivity index (χ3n) is 5.99. The number of carbonyl (C=O) groups excluding carboxylic acids is 1. The predicted octanol–water partition coefficient (Wildman–Crippen LogP) is 2.77. The minimum atomic E-state index is -3.11. The van der Waals surface area contributed by atoms with Crippen molar-refractivity contribution < 1.29 is 17.9 Å². The third-order valence-corrected chi connectivity index (χ3v) is 7.74. The molecule has 0 unspecified atom stereocenters. The molecule has 5 rings (SSSR count). The van der Waals surface area contributed by atoms with E-state index in [1.165, 1.54) is 0 Å². The van der Waals surface area contributed by atoms with Gasteiger partial charge in [0.15, 0.2) is 15.5 Å². The largest absolute Gasteiger partial charge is 0.497 e. The maximum absolute atomic E-state index is 12.9. The lowest BCUT2D eigenvalue weighted by Crippen LogP contribution is -2.26. The Hall–Kier alpha value is -3.66. The monoisotopic (exact) mass is 479 g/mol. The van der Waals surface area contributed by atoms with E-state index in [9.17, 15) is 13.2 Å². The van der Waals surface area contributed by atoms with Crippen LogP contribution >= 0.6 is 0 Å². The number of rotatable bonds is 7. The van der Waals surface area contributed by atoms with Gasteiger partial charge in [-0.3, -0.25) is 9.48 Å². The van der Waals surface area contributed by atoms with Gasteiger partial charge in [-0.2, -0.15) is 5.10 Å². The molecule has 0 bridgehead atoms. The lowest BCUT2D eigenvalue weighted by Gasteiger charge is -2.13. The highest BCUT2D eigenvalue weighted by molar-refractivity contribution is 7.91. The minimum absolute atomic E-state index is 0.0188. The van der Waals surface area contributed by atoms with E-state index in [1.807, 2.05) is 48.5 Å². The summed E-state index contributed by atoms with van der Waals surface area (Å²) >= 11 is 0. The summed E-state index contributed by atoms with van der Waals surface area (Å²) in [5.74, 6) is 1.33. The fourth-order valence-electron chi connectivity index (χ4n) is 4.24. The number of ether oxygens (including phenoxy) is 1. The Balaban J connectivity index is 1.35. The average Bonchev–Trinajstić information content (AvgIpc) is 3.55. The summed E-state index contributed by atoms with van der Waals surface area (Å²) in [5, 5.41) is 7.42. The number of methoxy groups -OCH3 is 1. The van der Waals surface area contributed by atoms with Crippen LogP contribution in [0.15, 0.2) is 54.6 Å². The summed E-state index contributed by atoms with van der Waals surface area (Å²) in [5.41, 5.74) is 3.63. The van der Waals surface area contributed by atoms with Crippen molar-refractivity contribution in [2.75, 3.05) is 25.2 Å². The Morgan fingerprint density at radius 1 is 1.21 bits per heavy atom. The van der Waals surface area contributed by atoms with E-state index in [1.54, 1.807) is 17.9 Å². The summed E-state index contributed by atoms with van der Waals surface area (Å²) in [6, 6.07) is 16.6. The molecule has 0 aliphatic carbocycles. The molecule has 0 radical (unpaired) electrons. The second-order valence-electron chi connectivity index (χ2n) is 8.35. The van der Waals surface area contributed by atoms with Gasteiger partial charge in [0.05, 0.1) is 41.4 Å². The van der Waals surface area contributed by atoms with Crippen molar-refractivity contribution in [3.8, 4) is 17.0 Å². The number of fused-ring (bicyclic) bond motifs is 1. The molecule has 176 valence electrons. The summed E-state index contributed by atoms with van der Waals surface area (Å²) in [7, 11) is -1.52. The zero-order valence-corrected chi connectivity index (χ0v) is 19.5. The zero-order valence-electron chi connectivity index (χ0n) is 18.7. The summed E-state index contributed by atoms with van der Waals surface area (Å²) in [6.07, 6.45) is 1.02. The quantitative estimate of drug-likeness (QED) is 0.421. The van der Waals surface area contributed by atoms with Crippen LogP contribution in [0.4, 0.5) is 0 Å². The third kappa shape index (κ3) is 4.54. The van der Waals surface area contributed by atoms with E-state index in [0.29, 0.717) is 30.8 Å². The van der Waals surface area contributed by atoms with Gasteiger partial charge in [0.25, 0.3) is 5.91 Å². The number of aromatic amines is 1. The van der Waals surface area contributed by atoms with Crippen LogP contribution in [0.5, 0.6) is 5.75 Å². The van der Waals surface area contributed by atoms with Crippen LogP contribution < -0.4 is 10.1 Å². The maximum atomic E-state index is 12.9. The fraction of sp³-hybridized carbons (Fsp3) is 0.292. The van der Waals surface area contributed by atoms with E-state index in [2.05, 4.69) is 20.4 Å². The number of hydrogen-bond acceptors (Lipinski definition) is 6. The van der Waals surface area contributed by atoms with Gasteiger partial charge < -0.3 is 15.0 Å². The van der Waals surface area contributed by atoms with E-state index in [4.69, 9.17) is 4.74 Å². The normalized spacial score (nSPS) is 17.1. The average molecular weight is 480 g/mol. The summed E-state index contributed by atoms with van der Waals surface area (Å²) < 4.78 is 31.1. The van der Waals surface area contributed by atoms with Crippen LogP contribution in [-0.4, -0.2) is 59.2 Å². The smallest absolute Gasteiger partial charge is 0.271 e. The van der Waals surface area contributed by atoms with Gasteiger partial charge in [0.2, 0.25) is 0 Å². The highest BCUT2D eigenvalue weighted by Gasteiger charge is 2.32. The molecule has 0 spiro atoms. The number of sulfone groups is 1. The van der Waals surface area contributed by atoms with Crippen molar-refractivity contribution in [2.45, 2.75) is 18.9 Å². The molecular weight excluding hydrogens is 454 g/mol. The number of nitrogens with one attached hydrogen (secondary N) is 2. The van der Waals surface area contributed by atoms with Gasteiger partial charge >= 0.3 is 0 Å². The van der Waals surface area contributed by atoms with Crippen molar-refractivity contribution in [1.82, 2.24) is 25.1 Å². The second-order valence-corrected chi connectivity index (χ2v) is 10.6. The second kappa shape index (κ2) is 8.94. The predicted molar refractivity (Wildman–Crippen MR) is 129 cm³/mol. The Morgan fingerprint density at radius 3 is 2.71 bits per heavy atom. The van der Waals surface area contributed by atoms with Crippen molar-refractivity contribution >= 4 is 26.8 Å². The van der Waals surface area contributed by atoms with E-state index in [-0.39, 0.29) is 29.1 Å². The minimum Gasteiger partial charge on any atom is -0.497 e. The van der Waals surface area contributed by atoms with Gasteiger partial charge in [0.1, 0.15) is 11.6 Å². The maximum Gasteiger partial charge on any atom is 0.271 e. The van der Waals surface area contributed by atoms with Crippen molar-refractivity contribution in [2.24, 2.45) is 0 Å². The van der Waals surface area contributed by atoms with Crippen molar-refractivity contribution in [1.29, 1.82) is 0 Å². The van der Waals surface area contributed by atoms with Crippen LogP contribution in [0.1, 0.15) is 28.8 Å². The number of amides is 1. The zero-order chi connectivity index (χ0) is 23.7. The lowest BCUT2D eigenvalue weighted by molar-refractivity contribution is 0.0948. The lowest BCUT2D eigenvalue weighted by atomic mass is 10.1.